The zero-order chi connectivity index (χ0) is 27.0. The molecule has 0 bridgehead atoms. The average Bonchev–Trinajstić information content (AvgIpc) is 2.83. The molecule has 10 heteroatoms. The van der Waals surface area contributed by atoms with E-state index in [1.807, 2.05) is 26.8 Å². The van der Waals surface area contributed by atoms with Gasteiger partial charge in [-0.1, -0.05) is 43.6 Å². The Balaban J connectivity index is 2.47. The summed E-state index contributed by atoms with van der Waals surface area (Å²) in [5, 5.41) is 3.34. The van der Waals surface area contributed by atoms with Crippen LogP contribution in [0.3, 0.4) is 0 Å². The van der Waals surface area contributed by atoms with Crippen LogP contribution in [0.2, 0.25) is 5.02 Å². The number of sulfonamides is 1. The van der Waals surface area contributed by atoms with Gasteiger partial charge in [-0.15, -0.1) is 0 Å². The molecule has 0 aliphatic rings. The fraction of sp³-hybridized carbons (Fsp3) is 0.462. The Hall–Kier alpha value is -2.78. The largest absolute Gasteiger partial charge is 0.497 e. The first-order valence-corrected chi connectivity index (χ1v) is 14.1. The molecule has 0 aliphatic carbocycles. The zero-order valence-electron chi connectivity index (χ0n) is 21.7. The fourth-order valence-corrected chi connectivity index (χ4v) is 4.69. The molecule has 2 rings (SSSR count). The Morgan fingerprint density at radius 3 is 2.36 bits per heavy atom. The van der Waals surface area contributed by atoms with Crippen molar-refractivity contribution in [3.8, 4) is 5.75 Å². The normalized spacial score (nSPS) is 13.0. The van der Waals surface area contributed by atoms with Crippen molar-refractivity contribution in [2.24, 2.45) is 0 Å². The maximum absolute atomic E-state index is 13.7. The summed E-state index contributed by atoms with van der Waals surface area (Å²) >= 11 is 6.24. The van der Waals surface area contributed by atoms with E-state index in [9.17, 15) is 18.0 Å². The molecule has 0 saturated carbocycles. The first-order chi connectivity index (χ1) is 16.9. The minimum atomic E-state index is -3.83. The van der Waals surface area contributed by atoms with E-state index in [0.29, 0.717) is 17.2 Å². The van der Waals surface area contributed by atoms with Gasteiger partial charge in [0.2, 0.25) is 21.8 Å². The van der Waals surface area contributed by atoms with Gasteiger partial charge in [-0.25, -0.2) is 8.42 Å². The lowest BCUT2D eigenvalue weighted by molar-refractivity contribution is -0.140. The van der Waals surface area contributed by atoms with E-state index in [-0.39, 0.29) is 24.2 Å². The molecule has 36 heavy (non-hydrogen) atoms. The standard InChI is InChI=1S/C26H36ClN3O5S/c1-7-19(4)28-26(32)24(8-2)29(16-20-10-9-11-22(14-20)35-5)25(31)17-30(36(6,33)34)21-13-12-18(3)23(27)15-21/h9-15,19,24H,7-8,16-17H2,1-6H3,(H,28,32)/t19-,24+/m0/s1. The third-order valence-electron chi connectivity index (χ3n) is 6.00. The summed E-state index contributed by atoms with van der Waals surface area (Å²) in [6.45, 7) is 7.11. The Morgan fingerprint density at radius 1 is 1.11 bits per heavy atom. The van der Waals surface area contributed by atoms with Crippen molar-refractivity contribution in [3.05, 3.63) is 58.6 Å². The van der Waals surface area contributed by atoms with Gasteiger partial charge in [-0.2, -0.15) is 0 Å². The number of aryl methyl sites for hydroxylation is 1. The van der Waals surface area contributed by atoms with E-state index in [2.05, 4.69) is 5.32 Å². The van der Waals surface area contributed by atoms with E-state index in [1.54, 1.807) is 44.4 Å². The molecule has 0 saturated heterocycles. The van der Waals surface area contributed by atoms with E-state index >= 15 is 0 Å². The highest BCUT2D eigenvalue weighted by Crippen LogP contribution is 2.26. The van der Waals surface area contributed by atoms with Gasteiger partial charge < -0.3 is 15.0 Å². The number of halogens is 1. The summed E-state index contributed by atoms with van der Waals surface area (Å²) in [6.07, 6.45) is 2.13. The monoisotopic (exact) mass is 537 g/mol. The van der Waals surface area contributed by atoms with Gasteiger partial charge in [0.25, 0.3) is 0 Å². The number of carbonyl (C=O) groups excluding carboxylic acids is 2. The Kier molecular flexibility index (Phi) is 10.6. The maximum atomic E-state index is 13.7. The number of benzene rings is 2. The van der Waals surface area contributed by atoms with Crippen molar-refractivity contribution in [3.63, 3.8) is 0 Å². The first-order valence-electron chi connectivity index (χ1n) is 11.9. The summed E-state index contributed by atoms with van der Waals surface area (Å²) in [6, 6.07) is 11.2. The lowest BCUT2D eigenvalue weighted by Crippen LogP contribution is -2.53. The predicted octanol–water partition coefficient (Wildman–Crippen LogP) is 4.15. The summed E-state index contributed by atoms with van der Waals surface area (Å²) in [5.41, 5.74) is 1.81. The molecule has 0 radical (unpaired) electrons. The van der Waals surface area contributed by atoms with Crippen molar-refractivity contribution in [2.45, 2.75) is 59.2 Å². The van der Waals surface area contributed by atoms with Crippen LogP contribution in [0.15, 0.2) is 42.5 Å². The number of anilines is 1. The molecule has 8 nitrogen and oxygen atoms in total. The van der Waals surface area contributed by atoms with Crippen LogP contribution in [-0.2, 0) is 26.2 Å². The number of rotatable bonds is 12. The van der Waals surface area contributed by atoms with Crippen LogP contribution in [0.1, 0.15) is 44.7 Å². The maximum Gasteiger partial charge on any atom is 0.244 e. The van der Waals surface area contributed by atoms with Gasteiger partial charge >= 0.3 is 0 Å². The highest BCUT2D eigenvalue weighted by Gasteiger charge is 2.32. The summed E-state index contributed by atoms with van der Waals surface area (Å²) in [4.78, 5) is 28.3. The van der Waals surface area contributed by atoms with Crippen LogP contribution in [0, 0.1) is 6.92 Å². The SMILES string of the molecule is CC[C@H](C(=O)N[C@@H](C)CC)N(Cc1cccc(OC)c1)C(=O)CN(c1ccc(C)c(Cl)c1)S(C)(=O)=O. The third kappa shape index (κ3) is 7.86. The molecule has 2 aromatic carbocycles. The van der Waals surface area contributed by atoms with Crippen LogP contribution in [0.25, 0.3) is 0 Å². The van der Waals surface area contributed by atoms with E-state index < -0.39 is 28.5 Å². The highest BCUT2D eigenvalue weighted by molar-refractivity contribution is 7.92. The molecule has 0 spiro atoms. The average molecular weight is 538 g/mol. The highest BCUT2D eigenvalue weighted by atomic mass is 35.5. The quantitative estimate of drug-likeness (QED) is 0.439. The lowest BCUT2D eigenvalue weighted by Gasteiger charge is -2.33. The number of hydrogen-bond donors (Lipinski definition) is 1. The number of nitrogens with one attached hydrogen (secondary N) is 1. The fourth-order valence-electron chi connectivity index (χ4n) is 3.68. The smallest absolute Gasteiger partial charge is 0.244 e. The molecule has 0 unspecified atom stereocenters. The number of methoxy groups -OCH3 is 1. The summed E-state index contributed by atoms with van der Waals surface area (Å²) in [5.74, 6) is -0.178. The second-order valence-corrected chi connectivity index (χ2v) is 11.1. The second-order valence-electron chi connectivity index (χ2n) is 8.82. The number of hydrogen-bond acceptors (Lipinski definition) is 5. The molecule has 2 aromatic rings. The van der Waals surface area contributed by atoms with Gasteiger partial charge in [0.1, 0.15) is 18.3 Å². The summed E-state index contributed by atoms with van der Waals surface area (Å²) in [7, 11) is -2.28. The number of amides is 2. The van der Waals surface area contributed by atoms with Crippen LogP contribution in [0.4, 0.5) is 5.69 Å². The van der Waals surface area contributed by atoms with E-state index in [4.69, 9.17) is 16.3 Å². The molecule has 0 heterocycles. The Morgan fingerprint density at radius 2 is 1.81 bits per heavy atom. The molecule has 1 N–H and O–H groups in total. The molecule has 198 valence electrons. The van der Waals surface area contributed by atoms with Crippen molar-refractivity contribution in [1.82, 2.24) is 10.2 Å². The predicted molar refractivity (Wildman–Crippen MR) is 144 cm³/mol. The molecule has 0 aliphatic heterocycles. The van der Waals surface area contributed by atoms with Gasteiger partial charge in [-0.3, -0.25) is 13.9 Å². The van der Waals surface area contributed by atoms with Gasteiger partial charge in [0.05, 0.1) is 19.1 Å². The van der Waals surface area contributed by atoms with Crippen molar-refractivity contribution in [1.29, 1.82) is 0 Å². The number of carbonyl (C=O) groups is 2. The molecule has 0 fully saturated rings. The molecule has 2 amide bonds. The van der Waals surface area contributed by atoms with Gasteiger partial charge in [-0.05, 0) is 62.1 Å². The number of nitrogens with zero attached hydrogens (tertiary/aromatic N) is 2. The molecule has 2 atom stereocenters. The first kappa shape index (κ1) is 29.5. The van der Waals surface area contributed by atoms with Crippen LogP contribution in [-0.4, -0.2) is 57.1 Å². The molecular formula is C26H36ClN3O5S. The van der Waals surface area contributed by atoms with Crippen LogP contribution >= 0.6 is 11.6 Å². The van der Waals surface area contributed by atoms with Crippen molar-refractivity contribution in [2.75, 3.05) is 24.2 Å². The molecule has 0 aromatic heterocycles. The van der Waals surface area contributed by atoms with E-state index in [1.165, 1.54) is 11.0 Å². The third-order valence-corrected chi connectivity index (χ3v) is 7.54. The number of ether oxygens (including phenoxy) is 1. The summed E-state index contributed by atoms with van der Waals surface area (Å²) < 4.78 is 31.7. The zero-order valence-corrected chi connectivity index (χ0v) is 23.3. The topological polar surface area (TPSA) is 96.0 Å². The van der Waals surface area contributed by atoms with Crippen molar-refractivity contribution >= 4 is 39.1 Å². The lowest BCUT2D eigenvalue weighted by atomic mass is 10.1. The van der Waals surface area contributed by atoms with Crippen LogP contribution in [0.5, 0.6) is 5.75 Å². The van der Waals surface area contributed by atoms with Gasteiger partial charge in [0.15, 0.2) is 0 Å². The molecular weight excluding hydrogens is 502 g/mol. The Labute approximate surface area is 219 Å². The Bertz CT molecular complexity index is 1170. The second kappa shape index (κ2) is 13.0. The van der Waals surface area contributed by atoms with Gasteiger partial charge in [0, 0.05) is 17.6 Å². The van der Waals surface area contributed by atoms with Crippen LogP contribution < -0.4 is 14.4 Å². The minimum Gasteiger partial charge on any atom is -0.497 e. The minimum absolute atomic E-state index is 0.0671. The van der Waals surface area contributed by atoms with E-state index in [0.717, 1.165) is 28.1 Å². The van der Waals surface area contributed by atoms with Crippen molar-refractivity contribution < 1.29 is 22.7 Å².